The van der Waals surface area contributed by atoms with Gasteiger partial charge in [-0.3, -0.25) is 10.3 Å². The molecule has 0 unspecified atom stereocenters. The van der Waals surface area contributed by atoms with Crippen molar-refractivity contribution in [2.24, 2.45) is 0 Å². The quantitative estimate of drug-likeness (QED) is 0.348. The predicted molar refractivity (Wildman–Crippen MR) is 146 cm³/mol. The summed E-state index contributed by atoms with van der Waals surface area (Å²) in [5.41, 5.74) is 5.12. The second kappa shape index (κ2) is 9.70. The first-order valence-electron chi connectivity index (χ1n) is 11.7. The van der Waals surface area contributed by atoms with Crippen LogP contribution in [0.2, 0.25) is 0 Å². The lowest BCUT2D eigenvalue weighted by Crippen LogP contribution is -2.34. The largest absolute Gasteiger partial charge is 0.336 e. The Hall–Kier alpha value is -3.78. The summed E-state index contributed by atoms with van der Waals surface area (Å²) in [7, 11) is -3.36. The Kier molecular flexibility index (Phi) is 6.82. The molecule has 4 rings (SSSR count). The first-order chi connectivity index (χ1) is 17.0. The maximum absolute atomic E-state index is 12.6. The molecule has 0 aliphatic carbocycles. The Balaban J connectivity index is 1.74. The highest BCUT2D eigenvalue weighted by Crippen LogP contribution is 2.37. The molecule has 0 atom stereocenters. The van der Waals surface area contributed by atoms with Crippen LogP contribution in [0.1, 0.15) is 33.3 Å². The number of rotatable bonds is 6. The first-order valence-corrected chi connectivity index (χ1v) is 13.6. The average Bonchev–Trinajstić information content (AvgIpc) is 2.82. The fraction of sp³-hybridized carbons (Fsp3) is 0.250. The topological polar surface area (TPSA) is 101 Å². The molecule has 4 aromatic rings. The minimum absolute atomic E-state index is 0.0269. The molecule has 0 spiro atoms. The second-order valence-electron chi connectivity index (χ2n) is 9.65. The van der Waals surface area contributed by atoms with E-state index in [1.54, 1.807) is 32.3 Å². The maximum atomic E-state index is 12.6. The van der Waals surface area contributed by atoms with Gasteiger partial charge in [0.25, 0.3) is 0 Å². The van der Waals surface area contributed by atoms with Crippen molar-refractivity contribution in [2.75, 3.05) is 11.6 Å². The molecule has 8 heteroatoms. The van der Waals surface area contributed by atoms with Gasteiger partial charge < -0.3 is 5.32 Å². The standard InChI is InChI=1S/C28H30N4O3S/c1-18(2)31-27(33)32-25-12-11-22(17-30-25)19-8-6-9-20(14-19)24-16-23(28(3,4)36(5,34)35)15-21-10-7-13-29-26(21)24/h6-18H,1-5H3,(H2,30,31,32,33). The molecule has 2 aromatic heterocycles. The van der Waals surface area contributed by atoms with E-state index in [2.05, 4.69) is 20.6 Å². The zero-order chi connectivity index (χ0) is 26.1. The van der Waals surface area contributed by atoms with Crippen molar-refractivity contribution in [3.8, 4) is 22.3 Å². The first kappa shape index (κ1) is 25.3. The number of nitrogens with zero attached hydrogens (tertiary/aromatic N) is 2. The van der Waals surface area contributed by atoms with E-state index >= 15 is 0 Å². The number of benzene rings is 2. The van der Waals surface area contributed by atoms with Gasteiger partial charge in [-0.25, -0.2) is 18.2 Å². The van der Waals surface area contributed by atoms with E-state index in [1.165, 1.54) is 6.26 Å². The molecule has 0 aliphatic heterocycles. The van der Waals surface area contributed by atoms with Gasteiger partial charge in [-0.2, -0.15) is 0 Å². The summed E-state index contributed by atoms with van der Waals surface area (Å²) in [6.45, 7) is 7.23. The van der Waals surface area contributed by atoms with Gasteiger partial charge in [0.1, 0.15) is 5.82 Å². The lowest BCUT2D eigenvalue weighted by molar-refractivity contribution is 0.250. The van der Waals surface area contributed by atoms with Crippen molar-refractivity contribution < 1.29 is 13.2 Å². The number of amides is 2. The van der Waals surface area contributed by atoms with Crippen LogP contribution in [0.3, 0.4) is 0 Å². The Morgan fingerprint density at radius 2 is 1.67 bits per heavy atom. The molecule has 0 saturated heterocycles. The molecule has 0 aliphatic rings. The number of pyridine rings is 2. The zero-order valence-corrected chi connectivity index (χ0v) is 21.8. The van der Waals surface area contributed by atoms with Crippen LogP contribution in [0.5, 0.6) is 0 Å². The van der Waals surface area contributed by atoms with Crippen LogP contribution in [0, 0.1) is 0 Å². The smallest absolute Gasteiger partial charge is 0.320 e. The van der Waals surface area contributed by atoms with Crippen molar-refractivity contribution in [1.29, 1.82) is 0 Å². The van der Waals surface area contributed by atoms with E-state index in [9.17, 15) is 13.2 Å². The molecular weight excluding hydrogens is 472 g/mol. The number of aromatic nitrogens is 2. The number of hydrogen-bond acceptors (Lipinski definition) is 5. The van der Waals surface area contributed by atoms with E-state index < -0.39 is 14.6 Å². The van der Waals surface area contributed by atoms with Gasteiger partial charge in [0, 0.05) is 41.2 Å². The lowest BCUT2D eigenvalue weighted by Gasteiger charge is -2.24. The number of fused-ring (bicyclic) bond motifs is 1. The highest BCUT2D eigenvalue weighted by molar-refractivity contribution is 7.91. The molecule has 36 heavy (non-hydrogen) atoms. The molecular formula is C28H30N4O3S. The van der Waals surface area contributed by atoms with Crippen LogP contribution >= 0.6 is 0 Å². The highest BCUT2D eigenvalue weighted by atomic mass is 32.2. The monoisotopic (exact) mass is 502 g/mol. The van der Waals surface area contributed by atoms with E-state index in [1.807, 2.05) is 68.4 Å². The number of hydrogen-bond donors (Lipinski definition) is 2. The minimum atomic E-state index is -3.36. The fourth-order valence-electron chi connectivity index (χ4n) is 3.89. The number of sulfone groups is 1. The fourth-order valence-corrected chi connectivity index (χ4v) is 4.44. The van der Waals surface area contributed by atoms with E-state index in [0.717, 1.165) is 33.2 Å². The number of carbonyl (C=O) groups excluding carboxylic acids is 1. The highest BCUT2D eigenvalue weighted by Gasteiger charge is 2.33. The molecule has 2 amide bonds. The molecule has 0 saturated carbocycles. The van der Waals surface area contributed by atoms with Crippen LogP contribution < -0.4 is 10.6 Å². The number of anilines is 1. The Bertz CT molecular complexity index is 1530. The van der Waals surface area contributed by atoms with Gasteiger partial charge in [-0.05, 0) is 80.8 Å². The molecule has 2 heterocycles. The van der Waals surface area contributed by atoms with Crippen molar-refractivity contribution in [2.45, 2.75) is 38.5 Å². The van der Waals surface area contributed by atoms with Crippen molar-refractivity contribution in [1.82, 2.24) is 15.3 Å². The SMILES string of the molecule is CC(C)NC(=O)Nc1ccc(-c2cccc(-c3cc(C(C)(C)S(C)(=O)=O)cc4cccnc34)c2)cn1. The Labute approximate surface area is 211 Å². The summed E-state index contributed by atoms with van der Waals surface area (Å²) < 4.78 is 24.1. The summed E-state index contributed by atoms with van der Waals surface area (Å²) in [6.07, 6.45) is 4.71. The molecule has 0 bridgehead atoms. The second-order valence-corrected chi connectivity index (χ2v) is 12.2. The van der Waals surface area contributed by atoms with Crippen LogP contribution in [0.15, 0.2) is 73.1 Å². The van der Waals surface area contributed by atoms with Gasteiger partial charge in [0.2, 0.25) is 0 Å². The normalized spacial score (nSPS) is 12.1. The van der Waals surface area contributed by atoms with Gasteiger partial charge >= 0.3 is 6.03 Å². The van der Waals surface area contributed by atoms with Gasteiger partial charge in [-0.15, -0.1) is 0 Å². The molecule has 0 radical (unpaired) electrons. The molecule has 186 valence electrons. The summed E-state index contributed by atoms with van der Waals surface area (Å²) in [5, 5.41) is 6.37. The van der Waals surface area contributed by atoms with Crippen molar-refractivity contribution in [3.63, 3.8) is 0 Å². The van der Waals surface area contributed by atoms with Gasteiger partial charge in [0.15, 0.2) is 9.84 Å². The lowest BCUT2D eigenvalue weighted by atomic mass is 9.92. The average molecular weight is 503 g/mol. The zero-order valence-electron chi connectivity index (χ0n) is 21.0. The van der Waals surface area contributed by atoms with E-state index in [-0.39, 0.29) is 12.1 Å². The number of carbonyl (C=O) groups is 1. The van der Waals surface area contributed by atoms with Crippen molar-refractivity contribution >= 4 is 32.6 Å². The molecule has 2 aromatic carbocycles. The van der Waals surface area contributed by atoms with Gasteiger partial charge in [-0.1, -0.05) is 24.3 Å². The summed E-state index contributed by atoms with van der Waals surface area (Å²) in [6, 6.07) is 19.0. The summed E-state index contributed by atoms with van der Waals surface area (Å²) >= 11 is 0. The molecule has 7 nitrogen and oxygen atoms in total. The number of urea groups is 1. The van der Waals surface area contributed by atoms with Crippen LogP contribution in [0.4, 0.5) is 10.6 Å². The van der Waals surface area contributed by atoms with Crippen LogP contribution in [0.25, 0.3) is 33.2 Å². The third-order valence-corrected chi connectivity index (χ3v) is 8.35. The minimum Gasteiger partial charge on any atom is -0.336 e. The van der Waals surface area contributed by atoms with Crippen LogP contribution in [-0.2, 0) is 14.6 Å². The van der Waals surface area contributed by atoms with Crippen molar-refractivity contribution in [3.05, 3.63) is 78.6 Å². The number of nitrogens with one attached hydrogen (secondary N) is 2. The molecule has 0 fully saturated rings. The Morgan fingerprint density at radius 1 is 0.917 bits per heavy atom. The third kappa shape index (κ3) is 5.23. The Morgan fingerprint density at radius 3 is 2.33 bits per heavy atom. The predicted octanol–water partition coefficient (Wildman–Crippen LogP) is 5.77. The summed E-state index contributed by atoms with van der Waals surface area (Å²) in [5.74, 6) is 0.457. The van der Waals surface area contributed by atoms with Crippen LogP contribution in [-0.4, -0.2) is 36.7 Å². The van der Waals surface area contributed by atoms with E-state index in [0.29, 0.717) is 11.4 Å². The van der Waals surface area contributed by atoms with Gasteiger partial charge in [0.05, 0.1) is 10.3 Å². The maximum Gasteiger partial charge on any atom is 0.320 e. The third-order valence-electron chi connectivity index (χ3n) is 6.26. The summed E-state index contributed by atoms with van der Waals surface area (Å²) in [4.78, 5) is 20.9. The van der Waals surface area contributed by atoms with E-state index in [4.69, 9.17) is 0 Å². The molecule has 2 N–H and O–H groups in total.